The molecule has 2 aromatic carbocycles. The zero-order chi connectivity index (χ0) is 27.3. The van der Waals surface area contributed by atoms with Gasteiger partial charge < -0.3 is 5.73 Å². The number of carbonyl (C=O) groups excluding carboxylic acids is 1. The highest BCUT2D eigenvalue weighted by molar-refractivity contribution is 7.92. The summed E-state index contributed by atoms with van der Waals surface area (Å²) < 4.78 is 59.0. The first kappa shape index (κ1) is 27.4. The average molecular weight is 555 g/mol. The second-order valence-corrected chi connectivity index (χ2v) is 13.3. The molecule has 37 heavy (non-hydrogen) atoms. The van der Waals surface area contributed by atoms with Crippen molar-refractivity contribution in [1.29, 1.82) is 0 Å². The van der Waals surface area contributed by atoms with Crippen LogP contribution in [-0.4, -0.2) is 45.5 Å². The van der Waals surface area contributed by atoms with Gasteiger partial charge in [0, 0.05) is 57.8 Å². The quantitative estimate of drug-likeness (QED) is 0.496. The summed E-state index contributed by atoms with van der Waals surface area (Å²) in [6.07, 6.45) is 2.81. The maximum Gasteiger partial charge on any atom is 0.250 e. The van der Waals surface area contributed by atoms with E-state index in [4.69, 9.17) is 17.3 Å². The standard InChI is InChI=1S/C26H30ClF3N4O2S/c1-15-12-17(10-11-26(15,29)30)34-22(35)14-25(2,32-24(34)31)20-7-5-6-19(23(20)27)18-9-8-16(13-21(18)28)33-37(3,4)36/h5-9,13,15,17H,10-12,14H2,1-4H3,(H2,31,32)/t15-,17-,25-/m0/s1. The van der Waals surface area contributed by atoms with Crippen LogP contribution in [0.4, 0.5) is 18.9 Å². The zero-order valence-corrected chi connectivity index (χ0v) is 22.7. The van der Waals surface area contributed by atoms with E-state index in [0.717, 1.165) is 0 Å². The molecule has 0 radical (unpaired) electrons. The van der Waals surface area contributed by atoms with Crippen LogP contribution in [0, 0.1) is 11.7 Å². The highest BCUT2D eigenvalue weighted by atomic mass is 35.5. The van der Waals surface area contributed by atoms with Crippen molar-refractivity contribution in [2.24, 2.45) is 21.0 Å². The normalized spacial score (nSPS) is 26.1. The Morgan fingerprint density at radius 3 is 2.51 bits per heavy atom. The molecule has 3 atom stereocenters. The molecule has 11 heteroatoms. The number of hydrogen-bond donors (Lipinski definition) is 1. The molecule has 2 N–H and O–H groups in total. The molecule has 1 aliphatic heterocycles. The van der Waals surface area contributed by atoms with E-state index >= 15 is 4.39 Å². The van der Waals surface area contributed by atoms with E-state index in [9.17, 15) is 17.8 Å². The van der Waals surface area contributed by atoms with E-state index < -0.39 is 39.0 Å². The molecule has 0 spiro atoms. The monoisotopic (exact) mass is 554 g/mol. The number of amides is 1. The van der Waals surface area contributed by atoms with Crippen LogP contribution in [0.2, 0.25) is 5.02 Å². The minimum atomic E-state index is -2.77. The number of guanidine groups is 1. The molecule has 1 aliphatic carbocycles. The van der Waals surface area contributed by atoms with Gasteiger partial charge in [-0.15, -0.1) is 0 Å². The number of nitrogens with zero attached hydrogens (tertiary/aromatic N) is 3. The molecule has 0 aromatic heterocycles. The van der Waals surface area contributed by atoms with Crippen LogP contribution in [0.5, 0.6) is 0 Å². The largest absolute Gasteiger partial charge is 0.369 e. The highest BCUT2D eigenvalue weighted by Gasteiger charge is 2.47. The Morgan fingerprint density at radius 2 is 1.92 bits per heavy atom. The zero-order valence-electron chi connectivity index (χ0n) is 21.1. The van der Waals surface area contributed by atoms with Crippen molar-refractivity contribution in [2.75, 3.05) is 12.5 Å². The van der Waals surface area contributed by atoms with Gasteiger partial charge in [0.2, 0.25) is 5.91 Å². The molecule has 2 aromatic rings. The molecule has 2 aliphatic rings. The second kappa shape index (κ2) is 9.62. The summed E-state index contributed by atoms with van der Waals surface area (Å²) in [7, 11) is -2.46. The van der Waals surface area contributed by atoms with Gasteiger partial charge in [-0.1, -0.05) is 36.7 Å². The van der Waals surface area contributed by atoms with Gasteiger partial charge in [-0.3, -0.25) is 9.69 Å². The predicted octanol–water partition coefficient (Wildman–Crippen LogP) is 6.09. The third kappa shape index (κ3) is 5.50. The molecule has 1 amide bonds. The Kier molecular flexibility index (Phi) is 7.13. The lowest BCUT2D eigenvalue weighted by molar-refractivity contribution is -0.136. The first-order valence-electron chi connectivity index (χ1n) is 11.9. The summed E-state index contributed by atoms with van der Waals surface area (Å²) in [4.78, 5) is 19.2. The summed E-state index contributed by atoms with van der Waals surface area (Å²) in [5.74, 6) is -4.59. The summed E-state index contributed by atoms with van der Waals surface area (Å²) in [5, 5.41) is 0.215. The number of rotatable bonds is 4. The molecule has 1 saturated carbocycles. The highest BCUT2D eigenvalue weighted by Crippen LogP contribution is 2.44. The predicted molar refractivity (Wildman–Crippen MR) is 141 cm³/mol. The minimum Gasteiger partial charge on any atom is -0.369 e. The van der Waals surface area contributed by atoms with Gasteiger partial charge in [0.15, 0.2) is 5.96 Å². The topological polar surface area (TPSA) is 88.1 Å². The lowest BCUT2D eigenvalue weighted by Gasteiger charge is -2.43. The Balaban J connectivity index is 1.68. The smallest absolute Gasteiger partial charge is 0.250 e. The Hall–Kier alpha value is -2.59. The fraction of sp³-hybridized carbons (Fsp3) is 0.462. The van der Waals surface area contributed by atoms with Gasteiger partial charge in [0.25, 0.3) is 5.92 Å². The summed E-state index contributed by atoms with van der Waals surface area (Å²) in [5.41, 5.74) is 6.47. The lowest BCUT2D eigenvalue weighted by atomic mass is 9.81. The van der Waals surface area contributed by atoms with Crippen LogP contribution in [0.15, 0.2) is 45.8 Å². The number of hydrogen-bond acceptors (Lipinski definition) is 5. The molecule has 0 saturated heterocycles. The van der Waals surface area contributed by atoms with E-state index in [1.807, 2.05) is 0 Å². The first-order valence-corrected chi connectivity index (χ1v) is 14.6. The minimum absolute atomic E-state index is 0.0393. The average Bonchev–Trinajstić information content (AvgIpc) is 2.75. The fourth-order valence-electron chi connectivity index (χ4n) is 5.13. The van der Waals surface area contributed by atoms with Crippen molar-refractivity contribution in [3.8, 4) is 11.1 Å². The Morgan fingerprint density at radius 1 is 1.22 bits per heavy atom. The van der Waals surface area contributed by atoms with Crippen molar-refractivity contribution in [3.05, 3.63) is 52.8 Å². The third-order valence-corrected chi connectivity index (χ3v) is 8.10. The van der Waals surface area contributed by atoms with Gasteiger partial charge in [-0.2, -0.15) is 4.36 Å². The van der Waals surface area contributed by atoms with Crippen molar-refractivity contribution in [2.45, 2.75) is 57.0 Å². The van der Waals surface area contributed by atoms with Crippen molar-refractivity contribution < 1.29 is 22.2 Å². The number of nitrogens with two attached hydrogens (primary N) is 1. The molecule has 1 fully saturated rings. The van der Waals surface area contributed by atoms with Crippen LogP contribution in [0.1, 0.15) is 45.1 Å². The van der Waals surface area contributed by atoms with E-state index in [2.05, 4.69) is 9.36 Å². The Labute approximate surface area is 220 Å². The fourth-order valence-corrected chi connectivity index (χ4v) is 6.18. The molecule has 200 valence electrons. The molecule has 4 rings (SSSR count). The number of halogens is 4. The van der Waals surface area contributed by atoms with Crippen LogP contribution in [-0.2, 0) is 20.1 Å². The van der Waals surface area contributed by atoms with E-state index in [1.165, 1.54) is 36.5 Å². The maximum absolute atomic E-state index is 15.1. The van der Waals surface area contributed by atoms with E-state index in [0.29, 0.717) is 11.1 Å². The summed E-state index contributed by atoms with van der Waals surface area (Å²) >= 11 is 6.76. The summed E-state index contributed by atoms with van der Waals surface area (Å²) in [6.45, 7) is 3.20. The number of carbonyl (C=O) groups is 1. The van der Waals surface area contributed by atoms with E-state index in [1.54, 1.807) is 31.2 Å². The molecule has 6 nitrogen and oxygen atoms in total. The van der Waals surface area contributed by atoms with Gasteiger partial charge in [-0.25, -0.2) is 22.4 Å². The van der Waals surface area contributed by atoms with Crippen LogP contribution < -0.4 is 5.73 Å². The summed E-state index contributed by atoms with van der Waals surface area (Å²) in [6, 6.07) is 8.87. The third-order valence-electron chi connectivity index (χ3n) is 7.04. The second-order valence-electron chi connectivity index (χ2n) is 10.4. The number of aliphatic imine (C=N–C) groups is 1. The molecule has 0 unspecified atom stereocenters. The van der Waals surface area contributed by atoms with Gasteiger partial charge in [-0.05, 0) is 37.5 Å². The van der Waals surface area contributed by atoms with Crippen molar-refractivity contribution in [3.63, 3.8) is 0 Å². The van der Waals surface area contributed by atoms with Crippen LogP contribution >= 0.6 is 11.6 Å². The van der Waals surface area contributed by atoms with Crippen LogP contribution in [0.25, 0.3) is 11.1 Å². The lowest BCUT2D eigenvalue weighted by Crippen LogP contribution is -2.56. The molecule has 1 heterocycles. The maximum atomic E-state index is 15.1. The molecular weight excluding hydrogens is 525 g/mol. The van der Waals surface area contributed by atoms with Gasteiger partial charge in [0.1, 0.15) is 5.82 Å². The number of benzene rings is 2. The SMILES string of the molecule is C[C@H]1C[C@@H](N2C(=O)C[C@@](C)(c3cccc(-c4ccc(N=S(C)(C)=O)cc4F)c3Cl)N=C2N)CCC1(F)F. The Bertz CT molecular complexity index is 1400. The van der Waals surface area contributed by atoms with Gasteiger partial charge in [0.05, 0.1) is 22.7 Å². The first-order chi connectivity index (χ1) is 17.1. The molecule has 0 bridgehead atoms. The van der Waals surface area contributed by atoms with Gasteiger partial charge >= 0.3 is 0 Å². The van der Waals surface area contributed by atoms with Crippen LogP contribution in [0.3, 0.4) is 0 Å². The van der Waals surface area contributed by atoms with Crippen molar-refractivity contribution in [1.82, 2.24) is 4.90 Å². The number of alkyl halides is 2. The van der Waals surface area contributed by atoms with E-state index in [-0.39, 0.29) is 53.8 Å². The van der Waals surface area contributed by atoms with Crippen molar-refractivity contribution >= 4 is 38.9 Å². The molecular formula is C26H30ClF3N4O2S.